The third-order valence-corrected chi connectivity index (χ3v) is 6.45. The summed E-state index contributed by atoms with van der Waals surface area (Å²) in [4.78, 5) is 10.7. The second kappa shape index (κ2) is 12.2. The molecule has 0 bridgehead atoms. The van der Waals surface area contributed by atoms with Gasteiger partial charge in [0.2, 0.25) is 0 Å². The van der Waals surface area contributed by atoms with Crippen LogP contribution in [0.25, 0.3) is 11.1 Å². The van der Waals surface area contributed by atoms with Crippen LogP contribution in [0.3, 0.4) is 0 Å². The van der Waals surface area contributed by atoms with Crippen molar-refractivity contribution in [3.63, 3.8) is 0 Å². The molecule has 1 aliphatic carbocycles. The van der Waals surface area contributed by atoms with Crippen LogP contribution in [-0.2, 0) is 24.1 Å². The van der Waals surface area contributed by atoms with E-state index < -0.39 is 12.1 Å². The van der Waals surface area contributed by atoms with Gasteiger partial charge in [0.05, 0.1) is 6.10 Å². The minimum absolute atomic E-state index is 0. The predicted molar refractivity (Wildman–Crippen MR) is 125 cm³/mol. The number of nitrogens with one attached hydrogen (secondary N) is 1. The fourth-order valence-corrected chi connectivity index (χ4v) is 4.43. The average molecular weight is 472 g/mol. The number of hydrogen-bond acceptors (Lipinski definition) is 4. The third-order valence-electron chi connectivity index (χ3n) is 6.19. The normalized spacial score (nSPS) is 15.9. The minimum Gasteiger partial charge on any atom is -0.550 e. The van der Waals surface area contributed by atoms with Gasteiger partial charge in [-0.05, 0) is 77.6 Å². The van der Waals surface area contributed by atoms with E-state index in [1.54, 1.807) is 12.1 Å². The summed E-state index contributed by atoms with van der Waals surface area (Å²) in [5, 5.41) is 25.3. The van der Waals surface area contributed by atoms with Crippen LogP contribution in [0, 0.1) is 0 Å². The van der Waals surface area contributed by atoms with Crippen molar-refractivity contribution in [2.24, 2.45) is 0 Å². The fourth-order valence-electron chi connectivity index (χ4n) is 4.30. The largest absolute Gasteiger partial charge is 1.00 e. The minimum atomic E-state index is -1.02. The summed E-state index contributed by atoms with van der Waals surface area (Å²) in [7, 11) is 0. The van der Waals surface area contributed by atoms with Crippen molar-refractivity contribution in [3.8, 4) is 11.1 Å². The molecule has 1 aliphatic rings. The molecule has 4 rings (SSSR count). The van der Waals surface area contributed by atoms with Gasteiger partial charge >= 0.3 is 29.6 Å². The van der Waals surface area contributed by atoms with Crippen LogP contribution in [0.1, 0.15) is 41.2 Å². The number of aliphatic hydroxyl groups is 1. The van der Waals surface area contributed by atoms with Crippen LogP contribution in [-0.4, -0.2) is 23.7 Å². The summed E-state index contributed by atoms with van der Waals surface area (Å²) in [5.41, 5.74) is 6.88. The van der Waals surface area contributed by atoms with Crippen LogP contribution in [0.15, 0.2) is 66.7 Å². The molecular weight excluding hydrogens is 445 g/mol. The number of rotatable bonds is 8. The molecule has 0 aromatic heterocycles. The van der Waals surface area contributed by atoms with Crippen molar-refractivity contribution in [2.75, 3.05) is 6.54 Å². The Bertz CT molecular complexity index is 1070. The fraction of sp³-hybridized carbons (Fsp3) is 0.296. The van der Waals surface area contributed by atoms with Gasteiger partial charge in [0.15, 0.2) is 0 Å². The number of halogens is 1. The van der Waals surface area contributed by atoms with E-state index in [1.165, 1.54) is 11.1 Å². The molecule has 0 amide bonds. The van der Waals surface area contributed by atoms with Gasteiger partial charge in [-0.25, -0.2) is 0 Å². The molecule has 0 unspecified atom stereocenters. The quantitative estimate of drug-likeness (QED) is 0.478. The van der Waals surface area contributed by atoms with Crippen LogP contribution in [0.5, 0.6) is 0 Å². The van der Waals surface area contributed by atoms with Gasteiger partial charge in [-0.3, -0.25) is 0 Å². The SMILES string of the molecule is O=C([O-])CCc1ccc(-c2ccc3c(c2)C[C@@H](NC[C@H](O)c2ccc(Cl)cc2)CC3)cc1.[Na+]. The number of benzene rings is 3. The first-order valence-electron chi connectivity index (χ1n) is 11.1. The van der Waals surface area contributed by atoms with Gasteiger partial charge in [-0.2, -0.15) is 0 Å². The smallest absolute Gasteiger partial charge is 0.550 e. The summed E-state index contributed by atoms with van der Waals surface area (Å²) in [6.07, 6.45) is 2.97. The van der Waals surface area contributed by atoms with E-state index >= 15 is 0 Å². The Hall–Kier alpha value is -1.66. The summed E-state index contributed by atoms with van der Waals surface area (Å²) in [5.74, 6) is -1.02. The molecule has 0 radical (unpaired) electrons. The molecule has 0 spiro atoms. The Labute approximate surface area is 222 Å². The number of hydrogen-bond donors (Lipinski definition) is 2. The van der Waals surface area contributed by atoms with Crippen molar-refractivity contribution >= 4 is 17.6 Å². The molecule has 2 atom stereocenters. The van der Waals surface area contributed by atoms with E-state index in [0.717, 1.165) is 41.5 Å². The number of aliphatic hydroxyl groups excluding tert-OH is 1. The molecule has 0 saturated carbocycles. The second-order valence-corrected chi connectivity index (χ2v) is 8.90. The van der Waals surface area contributed by atoms with E-state index in [1.807, 2.05) is 36.4 Å². The standard InChI is InChI=1S/C27H28ClNO3.Na/c28-24-11-8-21(9-12-24)26(30)17-29-25-13-10-20-6-7-22(15-23(20)16-25)19-4-1-18(2-5-19)3-14-27(31)32;/h1-2,4-9,11-12,15,25-26,29-30H,3,10,13-14,16-17H2,(H,31,32);/q;+1/p-1/t25-,26-;/m0./s1. The summed E-state index contributed by atoms with van der Waals surface area (Å²) >= 11 is 5.93. The van der Waals surface area contributed by atoms with Crippen LogP contribution in [0.4, 0.5) is 0 Å². The topological polar surface area (TPSA) is 72.4 Å². The predicted octanol–water partition coefficient (Wildman–Crippen LogP) is 0.874. The molecule has 4 nitrogen and oxygen atoms in total. The molecule has 0 aliphatic heterocycles. The maximum atomic E-state index is 10.7. The maximum absolute atomic E-state index is 10.7. The zero-order valence-corrected chi connectivity index (χ0v) is 21.6. The summed E-state index contributed by atoms with van der Waals surface area (Å²) < 4.78 is 0. The van der Waals surface area contributed by atoms with Gasteiger partial charge in [-0.1, -0.05) is 66.2 Å². The first-order chi connectivity index (χ1) is 15.5. The number of carboxylic acid groups (broad SMARTS) is 1. The Morgan fingerprint density at radius 3 is 2.42 bits per heavy atom. The van der Waals surface area contributed by atoms with Crippen molar-refractivity contribution in [1.82, 2.24) is 5.32 Å². The zero-order chi connectivity index (χ0) is 22.5. The summed E-state index contributed by atoms with van der Waals surface area (Å²) in [6, 6.07) is 22.4. The summed E-state index contributed by atoms with van der Waals surface area (Å²) in [6.45, 7) is 0.509. The van der Waals surface area contributed by atoms with E-state index in [4.69, 9.17) is 11.6 Å². The molecule has 2 N–H and O–H groups in total. The molecule has 33 heavy (non-hydrogen) atoms. The Morgan fingerprint density at radius 2 is 1.73 bits per heavy atom. The van der Waals surface area contributed by atoms with Gasteiger partial charge in [0.25, 0.3) is 0 Å². The Kier molecular flexibility index (Phi) is 9.57. The number of carbonyl (C=O) groups is 1. The first-order valence-corrected chi connectivity index (χ1v) is 11.4. The van der Waals surface area contributed by atoms with Crippen LogP contribution < -0.4 is 40.0 Å². The second-order valence-electron chi connectivity index (χ2n) is 8.47. The van der Waals surface area contributed by atoms with Crippen molar-refractivity contribution in [2.45, 2.75) is 44.2 Å². The van der Waals surface area contributed by atoms with Crippen LogP contribution >= 0.6 is 11.6 Å². The molecule has 0 saturated heterocycles. The number of aryl methyl sites for hydroxylation is 2. The van der Waals surface area contributed by atoms with E-state index in [-0.39, 0.29) is 36.0 Å². The van der Waals surface area contributed by atoms with E-state index in [9.17, 15) is 15.0 Å². The van der Waals surface area contributed by atoms with Crippen molar-refractivity contribution in [3.05, 3.63) is 94.0 Å². The van der Waals surface area contributed by atoms with Gasteiger partial charge < -0.3 is 20.3 Å². The maximum Gasteiger partial charge on any atom is 1.00 e. The number of carbonyl (C=O) groups excluding carboxylic acids is 1. The zero-order valence-electron chi connectivity index (χ0n) is 18.9. The van der Waals surface area contributed by atoms with Gasteiger partial charge in [0.1, 0.15) is 0 Å². The molecule has 6 heteroatoms. The van der Waals surface area contributed by atoms with Crippen LogP contribution in [0.2, 0.25) is 5.02 Å². The number of aliphatic carboxylic acids is 1. The molecular formula is C27H27ClNNaO3. The van der Waals surface area contributed by atoms with Crippen molar-refractivity contribution < 1.29 is 44.6 Å². The Morgan fingerprint density at radius 1 is 1.03 bits per heavy atom. The molecule has 3 aromatic carbocycles. The molecule has 166 valence electrons. The third kappa shape index (κ3) is 7.16. The van der Waals surface area contributed by atoms with Crippen molar-refractivity contribution in [1.29, 1.82) is 0 Å². The number of carboxylic acids is 1. The first kappa shape index (κ1) is 26.0. The molecule has 0 fully saturated rings. The number of fused-ring (bicyclic) bond motifs is 1. The Balaban J connectivity index is 0.00000306. The molecule has 3 aromatic rings. The van der Waals surface area contributed by atoms with E-state index in [0.29, 0.717) is 24.0 Å². The van der Waals surface area contributed by atoms with E-state index in [2.05, 4.69) is 23.5 Å². The molecule has 0 heterocycles. The van der Waals surface area contributed by atoms with Gasteiger partial charge in [-0.15, -0.1) is 0 Å². The monoisotopic (exact) mass is 471 g/mol. The average Bonchev–Trinajstić information content (AvgIpc) is 2.81. The van der Waals surface area contributed by atoms with Gasteiger partial charge in [0, 0.05) is 23.6 Å².